The van der Waals surface area contributed by atoms with Gasteiger partial charge >= 0.3 is 0 Å². The molecule has 0 bridgehead atoms. The fourth-order valence-electron chi connectivity index (χ4n) is 4.03. The average molecular weight is 357 g/mol. The molecule has 0 radical (unpaired) electrons. The highest BCUT2D eigenvalue weighted by atomic mass is 16.2. The molecule has 0 spiro atoms. The number of fused-ring (bicyclic) bond motifs is 1. The van der Waals surface area contributed by atoms with Crippen LogP contribution in [-0.4, -0.2) is 54.3 Å². The first kappa shape index (κ1) is 18.9. The Labute approximate surface area is 156 Å². The summed E-state index contributed by atoms with van der Waals surface area (Å²) in [5, 5.41) is 2.91. The molecule has 1 atom stereocenters. The number of likely N-dealkylation sites (N-methyl/N-ethyl adjacent to an activating group) is 1. The van der Waals surface area contributed by atoms with E-state index in [1.807, 2.05) is 36.9 Å². The Morgan fingerprint density at radius 1 is 1.23 bits per heavy atom. The smallest absolute Gasteiger partial charge is 0.232 e. The zero-order chi connectivity index (χ0) is 18.5. The maximum Gasteiger partial charge on any atom is 0.232 e. The summed E-state index contributed by atoms with van der Waals surface area (Å²) >= 11 is 0. The Morgan fingerprint density at radius 2 is 1.96 bits per heavy atom. The summed E-state index contributed by atoms with van der Waals surface area (Å²) in [6.07, 6.45) is 5.43. The van der Waals surface area contributed by atoms with Crippen molar-refractivity contribution in [2.24, 2.45) is 0 Å². The van der Waals surface area contributed by atoms with E-state index in [9.17, 15) is 9.59 Å². The number of carbonyl (C=O) groups excluding carboxylic acids is 2. The third kappa shape index (κ3) is 4.44. The number of likely N-dealkylation sites (tertiary alicyclic amines) is 1. The standard InChI is InChI=1S/C21H31N3O2/c1-3-24(13-12-23-10-6-4-5-7-11-23)20(25)15-18-17-14-16(2)8-9-19(17)22-21(18)26/h8-9,14,18H,3-7,10-13,15H2,1-2H3,(H,22,26). The van der Waals surface area contributed by atoms with Gasteiger partial charge in [0.25, 0.3) is 0 Å². The number of aryl methyl sites for hydroxylation is 1. The first-order chi connectivity index (χ1) is 12.6. The minimum Gasteiger partial charge on any atom is -0.342 e. The van der Waals surface area contributed by atoms with Gasteiger partial charge in [0.1, 0.15) is 0 Å². The van der Waals surface area contributed by atoms with Gasteiger partial charge < -0.3 is 15.1 Å². The quantitative estimate of drug-likeness (QED) is 0.851. The SMILES string of the molecule is CCN(CCN1CCCCCC1)C(=O)CC1C(=O)Nc2ccc(C)cc21. The molecule has 1 aromatic carbocycles. The largest absolute Gasteiger partial charge is 0.342 e. The number of amides is 2. The van der Waals surface area contributed by atoms with Gasteiger partial charge in [-0.15, -0.1) is 0 Å². The summed E-state index contributed by atoms with van der Waals surface area (Å²) in [5.41, 5.74) is 2.93. The third-order valence-corrected chi connectivity index (χ3v) is 5.65. The van der Waals surface area contributed by atoms with Gasteiger partial charge in [0.05, 0.1) is 5.92 Å². The van der Waals surface area contributed by atoms with Gasteiger partial charge in [0, 0.05) is 31.7 Å². The van der Waals surface area contributed by atoms with Gasteiger partial charge in [-0.1, -0.05) is 30.5 Å². The Hall–Kier alpha value is -1.88. The molecule has 2 aliphatic heterocycles. The number of benzene rings is 1. The van der Waals surface area contributed by atoms with E-state index >= 15 is 0 Å². The van der Waals surface area contributed by atoms with Crippen LogP contribution >= 0.6 is 0 Å². The molecule has 5 nitrogen and oxygen atoms in total. The minimum absolute atomic E-state index is 0.0532. The van der Waals surface area contributed by atoms with Gasteiger partial charge in [0.2, 0.25) is 11.8 Å². The van der Waals surface area contributed by atoms with Crippen LogP contribution in [0.15, 0.2) is 18.2 Å². The van der Waals surface area contributed by atoms with E-state index in [2.05, 4.69) is 10.2 Å². The molecule has 0 aromatic heterocycles. The zero-order valence-corrected chi connectivity index (χ0v) is 16.1. The minimum atomic E-state index is -0.357. The molecule has 2 aliphatic rings. The summed E-state index contributed by atoms with van der Waals surface area (Å²) < 4.78 is 0. The summed E-state index contributed by atoms with van der Waals surface area (Å²) in [7, 11) is 0. The van der Waals surface area contributed by atoms with Crippen molar-refractivity contribution in [1.82, 2.24) is 9.80 Å². The third-order valence-electron chi connectivity index (χ3n) is 5.65. The van der Waals surface area contributed by atoms with Crippen LogP contribution in [0.4, 0.5) is 5.69 Å². The second-order valence-corrected chi connectivity index (χ2v) is 7.57. The summed E-state index contributed by atoms with van der Waals surface area (Å²) in [6.45, 7) is 8.71. The van der Waals surface area contributed by atoms with Gasteiger partial charge in [0.15, 0.2) is 0 Å². The van der Waals surface area contributed by atoms with Crippen LogP contribution in [0.1, 0.15) is 56.1 Å². The molecular weight excluding hydrogens is 326 g/mol. The molecule has 1 unspecified atom stereocenters. The first-order valence-corrected chi connectivity index (χ1v) is 10.00. The molecular formula is C21H31N3O2. The number of nitrogens with one attached hydrogen (secondary N) is 1. The van der Waals surface area contributed by atoms with Crippen LogP contribution in [0.2, 0.25) is 0 Å². The molecule has 2 heterocycles. The van der Waals surface area contributed by atoms with Crippen LogP contribution in [0.3, 0.4) is 0 Å². The highest BCUT2D eigenvalue weighted by Crippen LogP contribution is 2.35. The molecule has 142 valence electrons. The monoisotopic (exact) mass is 357 g/mol. The molecule has 2 amide bonds. The average Bonchev–Trinajstić information content (AvgIpc) is 2.80. The van der Waals surface area contributed by atoms with Crippen LogP contribution in [0.5, 0.6) is 0 Å². The van der Waals surface area contributed by atoms with Crippen molar-refractivity contribution in [2.45, 2.75) is 51.9 Å². The zero-order valence-electron chi connectivity index (χ0n) is 16.1. The number of hydrogen-bond acceptors (Lipinski definition) is 3. The lowest BCUT2D eigenvalue weighted by Crippen LogP contribution is -2.39. The van der Waals surface area contributed by atoms with E-state index in [0.29, 0.717) is 6.54 Å². The maximum absolute atomic E-state index is 12.8. The van der Waals surface area contributed by atoms with Gasteiger partial charge in [-0.05, 0) is 51.4 Å². The predicted molar refractivity (Wildman–Crippen MR) is 104 cm³/mol. The van der Waals surface area contributed by atoms with Crippen LogP contribution in [0, 0.1) is 6.92 Å². The molecule has 3 rings (SSSR count). The normalized spacial score (nSPS) is 20.4. The lowest BCUT2D eigenvalue weighted by Gasteiger charge is -2.27. The Balaban J connectivity index is 1.59. The molecule has 1 aromatic rings. The molecule has 5 heteroatoms. The molecule has 0 aliphatic carbocycles. The molecule has 26 heavy (non-hydrogen) atoms. The van der Waals surface area contributed by atoms with Crippen molar-refractivity contribution < 1.29 is 9.59 Å². The highest BCUT2D eigenvalue weighted by Gasteiger charge is 2.33. The number of rotatable bonds is 6. The number of carbonyl (C=O) groups is 2. The van der Waals surface area contributed by atoms with Crippen LogP contribution in [-0.2, 0) is 9.59 Å². The van der Waals surface area contributed by atoms with Crippen molar-refractivity contribution in [3.8, 4) is 0 Å². The summed E-state index contributed by atoms with van der Waals surface area (Å²) in [4.78, 5) is 29.6. The van der Waals surface area contributed by atoms with Crippen LogP contribution in [0.25, 0.3) is 0 Å². The second kappa shape index (κ2) is 8.67. The molecule has 1 fully saturated rings. The van der Waals surface area contributed by atoms with E-state index in [4.69, 9.17) is 0 Å². The number of nitrogens with zero attached hydrogens (tertiary/aromatic N) is 2. The predicted octanol–water partition coefficient (Wildman–Crippen LogP) is 3.15. The van der Waals surface area contributed by atoms with E-state index in [1.165, 1.54) is 25.7 Å². The lowest BCUT2D eigenvalue weighted by atomic mass is 9.95. The highest BCUT2D eigenvalue weighted by molar-refractivity contribution is 6.05. The van der Waals surface area contributed by atoms with Gasteiger partial charge in [-0.25, -0.2) is 0 Å². The van der Waals surface area contributed by atoms with E-state index in [0.717, 1.165) is 43.0 Å². The van der Waals surface area contributed by atoms with Crippen molar-refractivity contribution in [3.05, 3.63) is 29.3 Å². The van der Waals surface area contributed by atoms with Gasteiger partial charge in [-0.2, -0.15) is 0 Å². The van der Waals surface area contributed by atoms with Crippen molar-refractivity contribution in [3.63, 3.8) is 0 Å². The number of anilines is 1. The van der Waals surface area contributed by atoms with Crippen molar-refractivity contribution in [1.29, 1.82) is 0 Å². The van der Waals surface area contributed by atoms with Crippen LogP contribution < -0.4 is 5.32 Å². The molecule has 1 saturated heterocycles. The lowest BCUT2D eigenvalue weighted by molar-refractivity contribution is -0.133. The van der Waals surface area contributed by atoms with E-state index in [-0.39, 0.29) is 24.2 Å². The van der Waals surface area contributed by atoms with E-state index < -0.39 is 0 Å². The van der Waals surface area contributed by atoms with Gasteiger partial charge in [-0.3, -0.25) is 9.59 Å². The Bertz CT molecular complexity index is 651. The molecule has 1 N–H and O–H groups in total. The van der Waals surface area contributed by atoms with E-state index in [1.54, 1.807) is 0 Å². The maximum atomic E-state index is 12.8. The number of hydrogen-bond donors (Lipinski definition) is 1. The van der Waals surface area contributed by atoms with Crippen molar-refractivity contribution in [2.75, 3.05) is 38.0 Å². The summed E-state index contributed by atoms with van der Waals surface area (Å²) in [6, 6.07) is 5.95. The summed E-state index contributed by atoms with van der Waals surface area (Å²) in [5.74, 6) is -0.330. The van der Waals surface area contributed by atoms with Crippen molar-refractivity contribution >= 4 is 17.5 Å². The molecule has 0 saturated carbocycles. The Kier molecular flexibility index (Phi) is 6.30. The fourth-order valence-corrected chi connectivity index (χ4v) is 4.03. The first-order valence-electron chi connectivity index (χ1n) is 10.00. The topological polar surface area (TPSA) is 52.7 Å². The fraction of sp³-hybridized carbons (Fsp3) is 0.619. The second-order valence-electron chi connectivity index (χ2n) is 7.57. The Morgan fingerprint density at radius 3 is 2.65 bits per heavy atom.